The maximum absolute atomic E-state index is 13.2. The normalized spacial score (nSPS) is 11.3. The van der Waals surface area contributed by atoms with Gasteiger partial charge in [0.1, 0.15) is 38.5 Å². The minimum absolute atomic E-state index is 0.0357. The number of para-hydroxylation sites is 2. The molecular weight excluding hydrogens is 949 g/mol. The molecule has 0 saturated carbocycles. The van der Waals surface area contributed by atoms with Gasteiger partial charge in [-0.2, -0.15) is 0 Å². The van der Waals surface area contributed by atoms with Crippen LogP contribution in [0.25, 0.3) is 11.1 Å². The number of carbonyl (C=O) groups excluding carboxylic acids is 8. The second kappa shape index (κ2) is 29.1. The van der Waals surface area contributed by atoms with E-state index in [9.17, 15) is 38.4 Å². The van der Waals surface area contributed by atoms with Gasteiger partial charge >= 0.3 is 35.9 Å². The van der Waals surface area contributed by atoms with E-state index in [2.05, 4.69) is 31.9 Å². The topological polar surface area (TPSA) is 246 Å². The second-order valence-corrected chi connectivity index (χ2v) is 16.5. The minimum atomic E-state index is -1.24. The predicted molar refractivity (Wildman–Crippen MR) is 273 cm³/mol. The van der Waals surface area contributed by atoms with Gasteiger partial charge in [0.05, 0.1) is 24.5 Å². The van der Waals surface area contributed by atoms with Gasteiger partial charge in [0.15, 0.2) is 0 Å². The minimum Gasteiger partial charge on any atom is -0.461 e. The lowest BCUT2D eigenvalue weighted by molar-refractivity contribution is -0.151. The zero-order chi connectivity index (χ0) is 52.3. The lowest BCUT2D eigenvalue weighted by atomic mass is 10.0. The molecule has 0 spiro atoms. The molecule has 0 saturated heterocycles. The van der Waals surface area contributed by atoms with Crippen molar-refractivity contribution in [3.05, 3.63) is 192 Å². The molecule has 0 aliphatic heterocycles. The molecule has 74 heavy (non-hydrogen) atoms. The van der Waals surface area contributed by atoms with E-state index < -0.39 is 72.9 Å². The summed E-state index contributed by atoms with van der Waals surface area (Å²) in [7, 11) is 0. The number of hydrogen-bond donors (Lipinski definition) is 6. The Hall–Kier alpha value is -9.32. The van der Waals surface area contributed by atoms with Crippen LogP contribution in [0.3, 0.4) is 0 Å². The third-order valence-electron chi connectivity index (χ3n) is 10.9. The maximum Gasteiger partial charge on any atom is 0.328 e. The Bertz CT molecular complexity index is 2630. The number of benzene rings is 6. The fourth-order valence-electron chi connectivity index (χ4n) is 7.10. The van der Waals surface area contributed by atoms with Gasteiger partial charge in [0.2, 0.25) is 11.8 Å². The molecule has 0 fully saturated rings. The summed E-state index contributed by atoms with van der Waals surface area (Å²) < 4.78 is 21.6. The van der Waals surface area contributed by atoms with Crippen molar-refractivity contribution in [3.8, 4) is 11.1 Å². The molecule has 6 aromatic rings. The number of anilines is 2. The van der Waals surface area contributed by atoms with Crippen LogP contribution < -0.4 is 31.9 Å². The van der Waals surface area contributed by atoms with Crippen LogP contribution in [0.5, 0.6) is 0 Å². The highest BCUT2D eigenvalue weighted by Gasteiger charge is 2.26. The number of hydrogen-bond acceptors (Lipinski definition) is 12. The Morgan fingerprint density at radius 2 is 0.662 bits per heavy atom. The predicted octanol–water partition coefficient (Wildman–Crippen LogP) is 7.10. The Kier molecular flexibility index (Phi) is 21.3. The van der Waals surface area contributed by atoms with E-state index in [1.54, 1.807) is 121 Å². The quantitative estimate of drug-likeness (QED) is 0.0248. The SMILES string of the molecule is O=C(CNC(=O)Nc1ccccc1-c1ccccc1NC(=O)NCC(=O)N[C@@H](CCC(=O)OCc1ccccc1)C(=O)OCc1ccccc1)N[C@@H](CCC(=O)OCc1ccccc1)C(=O)OCc1ccccc1. The van der Waals surface area contributed by atoms with E-state index >= 15 is 0 Å². The molecule has 0 heterocycles. The first-order valence-electron chi connectivity index (χ1n) is 23.7. The summed E-state index contributed by atoms with van der Waals surface area (Å²) in [5.41, 5.74) is 4.53. The molecule has 18 nitrogen and oxygen atoms in total. The molecule has 0 radical (unpaired) electrons. The zero-order valence-corrected chi connectivity index (χ0v) is 40.3. The second-order valence-electron chi connectivity index (χ2n) is 16.5. The molecule has 0 aliphatic carbocycles. The van der Waals surface area contributed by atoms with E-state index in [4.69, 9.17) is 18.9 Å². The van der Waals surface area contributed by atoms with Gasteiger partial charge in [-0.25, -0.2) is 19.2 Å². The monoisotopic (exact) mass is 1000 g/mol. The van der Waals surface area contributed by atoms with Crippen molar-refractivity contribution >= 4 is 59.1 Å². The van der Waals surface area contributed by atoms with Crippen LogP contribution in [-0.2, 0) is 74.1 Å². The molecule has 0 bridgehead atoms. The van der Waals surface area contributed by atoms with Gasteiger partial charge in [-0.1, -0.05) is 158 Å². The lowest BCUT2D eigenvalue weighted by Gasteiger charge is -2.19. The fourth-order valence-corrected chi connectivity index (χ4v) is 7.10. The van der Waals surface area contributed by atoms with Crippen LogP contribution in [0.2, 0.25) is 0 Å². The van der Waals surface area contributed by atoms with Crippen molar-refractivity contribution in [2.75, 3.05) is 23.7 Å². The average Bonchev–Trinajstić information content (AvgIpc) is 3.43. The summed E-state index contributed by atoms with van der Waals surface area (Å²) in [5, 5.41) is 15.5. The number of ether oxygens (including phenoxy) is 4. The van der Waals surface area contributed by atoms with Crippen molar-refractivity contribution in [1.82, 2.24) is 21.3 Å². The highest BCUT2D eigenvalue weighted by Crippen LogP contribution is 2.33. The van der Waals surface area contributed by atoms with Crippen LogP contribution in [0.1, 0.15) is 47.9 Å². The molecule has 0 unspecified atom stereocenters. The standard InChI is InChI=1S/C56H56N6O12/c63-49(59-47(53(67)73-37-41-21-9-3-10-22-41)29-31-51(65)71-35-39-17-5-1-6-18-39)33-57-55(69)61-45-27-15-13-25-43(45)44-26-14-16-28-46(44)62-56(70)58-34-50(64)60-48(54(68)74-38-42-23-11-4-12-24-42)30-32-52(66)72-36-40-19-7-2-8-20-40/h1-28,47-48H,29-38H2,(H,59,63)(H,60,64)(H2,57,61,69)(H2,58,62,70)/t47-,48-/m0/s1. The van der Waals surface area contributed by atoms with Gasteiger partial charge < -0.3 is 50.8 Å². The Labute approximate surface area is 427 Å². The molecular formula is C56H56N6O12. The van der Waals surface area contributed by atoms with Crippen molar-refractivity contribution < 1.29 is 57.3 Å². The van der Waals surface area contributed by atoms with Crippen LogP contribution in [0, 0.1) is 0 Å². The van der Waals surface area contributed by atoms with Crippen molar-refractivity contribution in [1.29, 1.82) is 0 Å². The van der Waals surface area contributed by atoms with E-state index in [0.29, 0.717) is 33.6 Å². The zero-order valence-electron chi connectivity index (χ0n) is 40.3. The molecule has 6 amide bonds. The molecule has 0 aliphatic rings. The first-order valence-corrected chi connectivity index (χ1v) is 23.7. The molecule has 382 valence electrons. The summed E-state index contributed by atoms with van der Waals surface area (Å²) in [6.07, 6.45) is -0.677. The lowest BCUT2D eigenvalue weighted by Crippen LogP contribution is -2.47. The fraction of sp³-hybridized carbons (Fsp3) is 0.214. The largest absolute Gasteiger partial charge is 0.461 e. The van der Waals surface area contributed by atoms with Crippen molar-refractivity contribution in [3.63, 3.8) is 0 Å². The van der Waals surface area contributed by atoms with Crippen LogP contribution in [0.4, 0.5) is 21.0 Å². The molecule has 18 heteroatoms. The summed E-state index contributed by atoms with van der Waals surface area (Å²) in [6.45, 7) is -1.18. The van der Waals surface area contributed by atoms with Crippen LogP contribution >= 0.6 is 0 Å². The summed E-state index contributed by atoms with van der Waals surface area (Å²) >= 11 is 0. The Balaban J connectivity index is 1.01. The first kappa shape index (κ1) is 54.0. The van der Waals surface area contributed by atoms with E-state index in [1.165, 1.54) is 0 Å². The molecule has 6 N–H and O–H groups in total. The highest BCUT2D eigenvalue weighted by molar-refractivity contribution is 6.01. The Morgan fingerprint density at radius 1 is 0.365 bits per heavy atom. The van der Waals surface area contributed by atoms with Gasteiger partial charge in [-0.15, -0.1) is 0 Å². The number of esters is 4. The molecule has 2 atom stereocenters. The van der Waals surface area contributed by atoms with Gasteiger partial charge in [-0.05, 0) is 47.2 Å². The number of carbonyl (C=O) groups is 8. The maximum atomic E-state index is 13.2. The van der Waals surface area contributed by atoms with E-state index in [-0.39, 0.29) is 52.1 Å². The number of amides is 6. The molecule has 6 rings (SSSR count). The van der Waals surface area contributed by atoms with Crippen LogP contribution in [-0.4, -0.2) is 72.9 Å². The average molecular weight is 1010 g/mol. The van der Waals surface area contributed by atoms with Gasteiger partial charge in [0.25, 0.3) is 0 Å². The highest BCUT2D eigenvalue weighted by atomic mass is 16.5. The van der Waals surface area contributed by atoms with E-state index in [1.807, 2.05) is 48.5 Å². The summed E-state index contributed by atoms with van der Waals surface area (Å²) in [5.74, 6) is -4.20. The Morgan fingerprint density at radius 3 is 1.00 bits per heavy atom. The van der Waals surface area contributed by atoms with E-state index in [0.717, 1.165) is 11.1 Å². The summed E-state index contributed by atoms with van der Waals surface area (Å²) in [4.78, 5) is 104. The molecule has 0 aromatic heterocycles. The van der Waals surface area contributed by atoms with Crippen molar-refractivity contribution in [2.24, 2.45) is 0 Å². The summed E-state index contributed by atoms with van der Waals surface area (Å²) in [6, 6.07) is 45.3. The van der Waals surface area contributed by atoms with Crippen LogP contribution in [0.15, 0.2) is 170 Å². The number of nitrogens with one attached hydrogen (secondary N) is 6. The van der Waals surface area contributed by atoms with Gasteiger partial charge in [0, 0.05) is 24.0 Å². The van der Waals surface area contributed by atoms with Gasteiger partial charge in [-0.3, -0.25) is 19.2 Å². The third kappa shape index (κ3) is 18.8. The number of urea groups is 2. The third-order valence-corrected chi connectivity index (χ3v) is 10.9. The smallest absolute Gasteiger partial charge is 0.328 e. The first-order chi connectivity index (χ1) is 36.0. The molecule has 6 aromatic carbocycles. The number of rotatable bonds is 25. The van der Waals surface area contributed by atoms with Crippen molar-refractivity contribution in [2.45, 2.75) is 64.2 Å².